The zero-order chi connectivity index (χ0) is 90.6. The molecular weight excluding hydrogens is 1720 g/mol. The SMILES string of the molecule is c1ccc(-c2nc(-c3ccc4oc5cc6ccccc6cc5c4c3)nc(-c3cc4c5ccccc5oc4c4ccccc34)n2)cc1.c1ccc(-c2nc(-c3ccc4oc5cc6ccccc6cc5c4c3)nc(-c3cc4c5ccccc5sc4c4ccccc34)n2)cc1.c1ccc(-c2nc(-c3ccc4oc5cc6ccccc6cc5c4c3)nc(-c3cc4oc5ccccc5c4c4ccccc34)n2)cc1. The van der Waals surface area contributed by atoms with Crippen LogP contribution in [0.25, 0.3) is 297 Å². The lowest BCUT2D eigenvalue weighted by molar-refractivity contribution is 0.669. The van der Waals surface area contributed by atoms with Crippen LogP contribution in [0.15, 0.2) is 441 Å². The normalized spacial score (nSPS) is 11.9. The standard InChI is InChI=1S/2C41H23N3O2.C41H23N3OS/c1-2-10-24(11-3-1)39-42-40(27-18-19-36-31(21-27)32-20-25-12-4-5-13-26(25)22-37(32)45-36)44-41(43-39)34-23-33-29-15-8-9-17-35(29)46-38(33)30-16-7-6-14-28(30)34;1-2-10-24(11-3-1)39-42-40(27-18-19-35-31(21-27)32-20-25-12-4-5-13-26(25)22-36(32)45-35)44-41(43-39)33-23-37-38(29-15-7-6-14-28(29)33)30-16-8-9-17-34(30)46-37;1-2-10-24(11-3-1)39-42-40(27-18-19-35-31(21-27)32-20-25-12-4-5-13-26(25)22-36(32)45-35)44-41(43-39)34-23-33-29-15-8-9-17-37(29)46-38(33)30-16-7-6-14-28(30)34/h3*1-23H. The number of para-hydroxylation sites is 2. The first-order valence-corrected chi connectivity index (χ1v) is 46.6. The number of hydrogen-bond donors (Lipinski definition) is 0. The van der Waals surface area contributed by atoms with Crippen LogP contribution in [0.2, 0.25) is 0 Å². The van der Waals surface area contributed by atoms with E-state index in [4.69, 9.17) is 66.9 Å². The lowest BCUT2D eigenvalue weighted by Crippen LogP contribution is -2.00. The molecule has 0 unspecified atom stereocenters. The third kappa shape index (κ3) is 13.2. The van der Waals surface area contributed by atoms with Gasteiger partial charge in [0, 0.05) is 135 Å². The van der Waals surface area contributed by atoms with Crippen molar-refractivity contribution in [2.24, 2.45) is 0 Å². The van der Waals surface area contributed by atoms with Crippen LogP contribution >= 0.6 is 11.3 Å². The van der Waals surface area contributed by atoms with Gasteiger partial charge in [-0.05, 0) is 181 Å². The maximum atomic E-state index is 6.38. The van der Waals surface area contributed by atoms with Crippen LogP contribution in [0, 0.1) is 0 Å². The van der Waals surface area contributed by atoms with Crippen molar-refractivity contribution in [2.75, 3.05) is 0 Å². The Hall–Kier alpha value is -18.6. The molecule has 30 aromatic rings. The van der Waals surface area contributed by atoms with E-state index < -0.39 is 0 Å². The van der Waals surface area contributed by atoms with Crippen molar-refractivity contribution < 1.29 is 22.1 Å². The lowest BCUT2D eigenvalue weighted by atomic mass is 9.98. The fourth-order valence-electron chi connectivity index (χ4n) is 20.1. The molecule has 0 aliphatic rings. The Kier molecular flexibility index (Phi) is 17.9. The van der Waals surface area contributed by atoms with Crippen LogP contribution in [0.5, 0.6) is 0 Å². The molecule has 14 nitrogen and oxygen atoms in total. The van der Waals surface area contributed by atoms with E-state index in [-0.39, 0.29) is 0 Å². The van der Waals surface area contributed by atoms with Crippen LogP contribution in [0.1, 0.15) is 0 Å². The van der Waals surface area contributed by atoms with E-state index in [1.807, 2.05) is 187 Å². The predicted octanol–water partition coefficient (Wildman–Crippen LogP) is 33.4. The Morgan fingerprint density at radius 1 is 0.152 bits per heavy atom. The van der Waals surface area contributed by atoms with Crippen LogP contribution < -0.4 is 0 Å². The van der Waals surface area contributed by atoms with E-state index in [0.29, 0.717) is 52.4 Å². The van der Waals surface area contributed by atoms with E-state index in [1.165, 1.54) is 41.7 Å². The van der Waals surface area contributed by atoms with Crippen LogP contribution in [0.4, 0.5) is 0 Å². The van der Waals surface area contributed by atoms with Gasteiger partial charge in [-0.1, -0.05) is 291 Å². The largest absolute Gasteiger partial charge is 0.456 e. The van der Waals surface area contributed by atoms with Gasteiger partial charge in [-0.15, -0.1) is 11.3 Å². The highest BCUT2D eigenvalue weighted by Crippen LogP contribution is 2.48. The highest BCUT2D eigenvalue weighted by atomic mass is 32.1. The molecule has 0 aliphatic carbocycles. The Balaban J connectivity index is 0.000000102. The maximum Gasteiger partial charge on any atom is 0.164 e. The van der Waals surface area contributed by atoms with Gasteiger partial charge in [0.05, 0.1) is 0 Å². The van der Waals surface area contributed by atoms with Gasteiger partial charge in [0.2, 0.25) is 0 Å². The number of thiophene rings is 1. The van der Waals surface area contributed by atoms with Gasteiger partial charge in [-0.2, -0.15) is 0 Å². The number of benzene rings is 21. The number of rotatable bonds is 9. The summed E-state index contributed by atoms with van der Waals surface area (Å²) < 4.78 is 34.2. The molecular formula is C123H69N9O5S. The molecule has 21 aromatic carbocycles. The average Bonchev–Trinajstić information content (AvgIpc) is 1.56. The molecule has 0 bridgehead atoms. The fourth-order valence-corrected chi connectivity index (χ4v) is 21.3. The molecule has 15 heteroatoms. The first-order valence-electron chi connectivity index (χ1n) is 45.8. The third-order valence-corrected chi connectivity index (χ3v) is 27.9. The van der Waals surface area contributed by atoms with Crippen LogP contribution in [-0.2, 0) is 0 Å². The minimum atomic E-state index is 0.588. The van der Waals surface area contributed by atoms with Gasteiger partial charge in [0.15, 0.2) is 52.4 Å². The van der Waals surface area contributed by atoms with Crippen molar-refractivity contribution in [3.05, 3.63) is 419 Å². The van der Waals surface area contributed by atoms with Gasteiger partial charge in [0.25, 0.3) is 0 Å². The quantitative estimate of drug-likeness (QED) is 0.133. The molecule has 0 saturated heterocycles. The topological polar surface area (TPSA) is 182 Å². The summed E-state index contributed by atoms with van der Waals surface area (Å²) in [6, 6.07) is 144. The number of furan rings is 5. The maximum absolute atomic E-state index is 6.38. The highest BCUT2D eigenvalue weighted by molar-refractivity contribution is 7.26. The highest BCUT2D eigenvalue weighted by Gasteiger charge is 2.26. The lowest BCUT2D eigenvalue weighted by Gasteiger charge is -2.11. The van der Waals surface area contributed by atoms with Crippen molar-refractivity contribution in [1.29, 1.82) is 0 Å². The fraction of sp³-hybridized carbons (Fsp3) is 0. The Bertz CT molecular complexity index is 9900. The molecule has 0 fully saturated rings. The summed E-state index contributed by atoms with van der Waals surface area (Å²) in [6.07, 6.45) is 0. The molecule has 0 spiro atoms. The number of aromatic nitrogens is 9. The van der Waals surface area contributed by atoms with Crippen molar-refractivity contribution >= 4 is 206 Å². The predicted molar refractivity (Wildman–Crippen MR) is 563 cm³/mol. The molecule has 642 valence electrons. The summed E-state index contributed by atoms with van der Waals surface area (Å²) in [6.45, 7) is 0. The average molecular weight is 1790 g/mol. The molecule has 0 atom stereocenters. The molecule has 0 aliphatic heterocycles. The zero-order valence-corrected chi connectivity index (χ0v) is 74.1. The molecule has 9 heterocycles. The Morgan fingerprint density at radius 3 is 0.899 bits per heavy atom. The summed E-state index contributed by atoms with van der Waals surface area (Å²) in [5.41, 5.74) is 16.8. The second-order valence-electron chi connectivity index (χ2n) is 34.9. The van der Waals surface area contributed by atoms with Crippen molar-refractivity contribution in [3.63, 3.8) is 0 Å². The number of nitrogens with zero attached hydrogens (tertiary/aromatic N) is 9. The monoisotopic (exact) mass is 1780 g/mol. The Morgan fingerprint density at radius 2 is 0.449 bits per heavy atom. The smallest absolute Gasteiger partial charge is 0.164 e. The van der Waals surface area contributed by atoms with Crippen molar-refractivity contribution in [3.8, 4) is 102 Å². The summed E-state index contributed by atoms with van der Waals surface area (Å²) in [7, 11) is 0. The minimum absolute atomic E-state index is 0.588. The van der Waals surface area contributed by atoms with E-state index in [2.05, 4.69) is 243 Å². The first kappa shape index (κ1) is 78.1. The molecule has 0 amide bonds. The van der Waals surface area contributed by atoms with Gasteiger partial charge < -0.3 is 22.1 Å². The van der Waals surface area contributed by atoms with Gasteiger partial charge in [-0.3, -0.25) is 0 Å². The molecule has 30 rings (SSSR count). The molecule has 0 radical (unpaired) electrons. The van der Waals surface area contributed by atoms with Gasteiger partial charge in [0.1, 0.15) is 55.8 Å². The summed E-state index contributed by atoms with van der Waals surface area (Å²) in [5, 5.41) is 26.6. The summed E-state index contributed by atoms with van der Waals surface area (Å²) >= 11 is 1.84. The second kappa shape index (κ2) is 31.6. The van der Waals surface area contributed by atoms with E-state index >= 15 is 0 Å². The third-order valence-electron chi connectivity index (χ3n) is 26.7. The van der Waals surface area contributed by atoms with Crippen molar-refractivity contribution in [2.45, 2.75) is 0 Å². The van der Waals surface area contributed by atoms with Gasteiger partial charge >= 0.3 is 0 Å². The summed E-state index contributed by atoms with van der Waals surface area (Å²) in [4.78, 5) is 45.9. The zero-order valence-electron chi connectivity index (χ0n) is 73.3. The molecule has 9 aromatic heterocycles. The number of fused-ring (bicyclic) bond motifs is 27. The Labute approximate surface area is 788 Å². The van der Waals surface area contributed by atoms with Crippen molar-refractivity contribution in [1.82, 2.24) is 44.9 Å². The minimum Gasteiger partial charge on any atom is -0.456 e. The van der Waals surface area contributed by atoms with E-state index in [9.17, 15) is 0 Å². The molecule has 138 heavy (non-hydrogen) atoms. The number of hydrogen-bond acceptors (Lipinski definition) is 15. The summed E-state index contributed by atoms with van der Waals surface area (Å²) in [5.74, 6) is 5.53. The first-order chi connectivity index (χ1) is 68.3. The van der Waals surface area contributed by atoms with Crippen LogP contribution in [0.3, 0.4) is 0 Å². The molecule has 0 saturated carbocycles. The van der Waals surface area contributed by atoms with Crippen LogP contribution in [-0.4, -0.2) is 44.9 Å². The molecule has 0 N–H and O–H groups in total. The van der Waals surface area contributed by atoms with Gasteiger partial charge in [-0.25, -0.2) is 44.9 Å². The van der Waals surface area contributed by atoms with E-state index in [1.54, 1.807) is 0 Å². The van der Waals surface area contributed by atoms with E-state index in [0.717, 1.165) is 203 Å². The second-order valence-corrected chi connectivity index (χ2v) is 35.9.